The van der Waals surface area contributed by atoms with Gasteiger partial charge in [-0.1, -0.05) is 6.92 Å². The van der Waals surface area contributed by atoms with Gasteiger partial charge < -0.3 is 10.0 Å². The molecule has 0 atom stereocenters. The normalized spacial score (nSPS) is 27.6. The Bertz CT molecular complexity index is 754. The highest BCUT2D eigenvalue weighted by molar-refractivity contribution is 6.05. The Morgan fingerprint density at radius 2 is 1.93 bits per heavy atom. The van der Waals surface area contributed by atoms with E-state index < -0.39 is 5.97 Å². The molecule has 30 heavy (non-hydrogen) atoms. The van der Waals surface area contributed by atoms with Gasteiger partial charge in [0.25, 0.3) is 0 Å². The van der Waals surface area contributed by atoms with Crippen molar-refractivity contribution in [2.75, 3.05) is 39.3 Å². The van der Waals surface area contributed by atoms with E-state index in [9.17, 15) is 9.59 Å². The number of carboxylic acids is 1. The minimum absolute atomic E-state index is 0.0600. The van der Waals surface area contributed by atoms with Crippen LogP contribution in [0.15, 0.2) is 29.0 Å². The number of nitrogens with zero attached hydrogens (tertiary/aromatic N) is 5. The highest BCUT2D eigenvalue weighted by Crippen LogP contribution is 2.32. The molecule has 2 fully saturated rings. The van der Waals surface area contributed by atoms with Crippen molar-refractivity contribution in [1.29, 1.82) is 0 Å². The molecule has 2 amide bonds. The van der Waals surface area contributed by atoms with Gasteiger partial charge in [0.1, 0.15) is 0 Å². The molecule has 0 aromatic heterocycles. The Balaban J connectivity index is 1.34. The minimum Gasteiger partial charge on any atom is -0.481 e. The van der Waals surface area contributed by atoms with Gasteiger partial charge >= 0.3 is 12.0 Å². The Kier molecular flexibility index (Phi) is 6.41. The van der Waals surface area contributed by atoms with Gasteiger partial charge in [0, 0.05) is 38.6 Å². The molecule has 1 saturated heterocycles. The maximum atomic E-state index is 13.1. The summed E-state index contributed by atoms with van der Waals surface area (Å²) < 4.78 is 0. The number of likely N-dealkylation sites (N-methyl/N-ethyl adjacent to an activating group) is 1. The first kappa shape index (κ1) is 20.9. The van der Waals surface area contributed by atoms with Gasteiger partial charge in [-0.25, -0.2) is 4.79 Å². The van der Waals surface area contributed by atoms with Crippen molar-refractivity contribution in [3.05, 3.63) is 23.9 Å². The number of hydrazone groups is 1. The lowest BCUT2D eigenvalue weighted by Gasteiger charge is -2.34. The molecule has 8 heteroatoms. The van der Waals surface area contributed by atoms with Crippen molar-refractivity contribution in [2.45, 2.75) is 51.5 Å². The van der Waals surface area contributed by atoms with Gasteiger partial charge in [-0.3, -0.25) is 19.6 Å². The Morgan fingerprint density at radius 3 is 2.67 bits per heavy atom. The average molecular weight is 416 g/mol. The zero-order chi connectivity index (χ0) is 21.1. The number of carbonyl (C=O) groups excluding carboxylic acids is 1. The molecule has 0 radical (unpaired) electrons. The summed E-state index contributed by atoms with van der Waals surface area (Å²) in [6.07, 6.45) is 11.2. The van der Waals surface area contributed by atoms with Crippen LogP contribution in [0.2, 0.25) is 0 Å². The third-order valence-electron chi connectivity index (χ3n) is 6.90. The van der Waals surface area contributed by atoms with E-state index >= 15 is 0 Å². The lowest BCUT2D eigenvalue weighted by Crippen LogP contribution is -2.43. The highest BCUT2D eigenvalue weighted by atomic mass is 16.4. The van der Waals surface area contributed by atoms with E-state index in [0.29, 0.717) is 12.5 Å². The molecule has 1 saturated carbocycles. The van der Waals surface area contributed by atoms with Gasteiger partial charge in [-0.05, 0) is 62.8 Å². The smallest absolute Gasteiger partial charge is 0.326 e. The predicted octanol–water partition coefficient (Wildman–Crippen LogP) is 2.55. The van der Waals surface area contributed by atoms with Gasteiger partial charge in [-0.2, -0.15) is 5.10 Å². The molecule has 4 rings (SSSR count). The van der Waals surface area contributed by atoms with E-state index in [1.54, 1.807) is 0 Å². The van der Waals surface area contributed by atoms with Crippen LogP contribution in [-0.2, 0) is 4.79 Å². The third kappa shape index (κ3) is 4.53. The van der Waals surface area contributed by atoms with E-state index in [2.05, 4.69) is 24.0 Å². The lowest BCUT2D eigenvalue weighted by atomic mass is 9.83. The molecule has 0 spiro atoms. The number of carbonyl (C=O) groups is 2. The number of hydrogen-bond donors (Lipinski definition) is 1. The van der Waals surface area contributed by atoms with Gasteiger partial charge in [-0.15, -0.1) is 0 Å². The van der Waals surface area contributed by atoms with Crippen molar-refractivity contribution in [3.63, 3.8) is 0 Å². The second-order valence-corrected chi connectivity index (χ2v) is 8.67. The van der Waals surface area contributed by atoms with Gasteiger partial charge in [0.2, 0.25) is 0 Å². The molecule has 1 aliphatic carbocycles. The van der Waals surface area contributed by atoms with E-state index in [-0.39, 0.29) is 18.5 Å². The predicted molar refractivity (Wildman–Crippen MR) is 115 cm³/mol. The third-order valence-corrected chi connectivity index (χ3v) is 6.90. The van der Waals surface area contributed by atoms with Crippen molar-refractivity contribution < 1.29 is 14.7 Å². The number of amides is 2. The summed E-state index contributed by atoms with van der Waals surface area (Å²) in [6.45, 7) is 7.34. The van der Waals surface area contributed by atoms with Crippen LogP contribution < -0.4 is 0 Å². The molecular weight excluding hydrogens is 382 g/mol. The zero-order valence-electron chi connectivity index (χ0n) is 17.9. The second-order valence-electron chi connectivity index (χ2n) is 8.67. The summed E-state index contributed by atoms with van der Waals surface area (Å²) in [7, 11) is 0. The molecule has 8 nitrogen and oxygen atoms in total. The van der Waals surface area contributed by atoms with Crippen LogP contribution in [0.25, 0.3) is 0 Å². The first-order valence-electron chi connectivity index (χ1n) is 11.3. The number of urea groups is 1. The Morgan fingerprint density at radius 1 is 1.13 bits per heavy atom. The largest absolute Gasteiger partial charge is 0.481 e. The summed E-state index contributed by atoms with van der Waals surface area (Å²) in [5.74, 6) is 0.501. The maximum absolute atomic E-state index is 13.1. The van der Waals surface area contributed by atoms with Crippen LogP contribution in [0.1, 0.15) is 45.4 Å². The van der Waals surface area contributed by atoms with Crippen LogP contribution in [0.4, 0.5) is 4.79 Å². The van der Waals surface area contributed by atoms with E-state index in [1.807, 2.05) is 20.9 Å². The topological polar surface area (TPSA) is 79.7 Å². The first-order valence-corrected chi connectivity index (χ1v) is 11.3. The monoisotopic (exact) mass is 415 g/mol. The van der Waals surface area contributed by atoms with Crippen molar-refractivity contribution >= 4 is 17.8 Å². The fourth-order valence-electron chi connectivity index (χ4n) is 4.97. The van der Waals surface area contributed by atoms with E-state index in [0.717, 1.165) is 76.4 Å². The number of hydrogen-bond acceptors (Lipinski definition) is 5. The summed E-state index contributed by atoms with van der Waals surface area (Å²) in [5, 5.41) is 15.7. The summed E-state index contributed by atoms with van der Waals surface area (Å²) in [4.78, 5) is 30.1. The minimum atomic E-state index is -0.714. The number of allylic oxidation sites excluding steroid dienone is 1. The van der Waals surface area contributed by atoms with Crippen LogP contribution >= 0.6 is 0 Å². The van der Waals surface area contributed by atoms with Crippen LogP contribution in [0.3, 0.4) is 0 Å². The van der Waals surface area contributed by atoms with Crippen molar-refractivity contribution in [3.8, 4) is 0 Å². The van der Waals surface area contributed by atoms with Crippen molar-refractivity contribution in [1.82, 2.24) is 19.7 Å². The zero-order valence-corrected chi connectivity index (χ0v) is 17.9. The molecule has 4 aliphatic rings. The molecule has 0 aromatic carbocycles. The fraction of sp³-hybridized carbons (Fsp3) is 0.682. The van der Waals surface area contributed by atoms with E-state index in [1.165, 1.54) is 0 Å². The van der Waals surface area contributed by atoms with Crippen LogP contribution in [0, 0.1) is 5.92 Å². The molecule has 0 unspecified atom stereocenters. The lowest BCUT2D eigenvalue weighted by molar-refractivity contribution is -0.137. The maximum Gasteiger partial charge on any atom is 0.326 e. The van der Waals surface area contributed by atoms with Crippen molar-refractivity contribution in [2.24, 2.45) is 11.0 Å². The molecule has 1 N–H and O–H groups in total. The molecular formula is C22H33N5O3. The molecule has 3 heterocycles. The standard InChI is InChI=1S/C22H33N5O3/c1-2-24-12-11-19-8-9-20(23-27(19)16-13-24)26-15-14-25(22(26)30)18-6-3-17(4-7-18)5-10-21(28)29/h8-9,11,17-18H,2-7,10,12-16H2,1H3,(H,28,29). The molecule has 3 aliphatic heterocycles. The van der Waals surface area contributed by atoms with Gasteiger partial charge in [0.15, 0.2) is 5.84 Å². The number of rotatable bonds is 5. The summed E-state index contributed by atoms with van der Waals surface area (Å²) in [6, 6.07) is 0.327. The Hall–Kier alpha value is -2.35. The molecule has 164 valence electrons. The summed E-state index contributed by atoms with van der Waals surface area (Å²) in [5.41, 5.74) is 1.11. The molecule has 0 bridgehead atoms. The summed E-state index contributed by atoms with van der Waals surface area (Å²) >= 11 is 0. The fourth-order valence-corrected chi connectivity index (χ4v) is 4.97. The average Bonchev–Trinajstić information content (AvgIpc) is 3.01. The second kappa shape index (κ2) is 9.20. The Labute approximate surface area is 178 Å². The van der Waals surface area contributed by atoms with Crippen LogP contribution in [0.5, 0.6) is 0 Å². The van der Waals surface area contributed by atoms with E-state index in [4.69, 9.17) is 10.2 Å². The number of carboxylic acid groups (broad SMARTS) is 1. The highest BCUT2D eigenvalue weighted by Gasteiger charge is 2.38. The number of amidine groups is 1. The number of aliphatic carboxylic acids is 1. The quantitative estimate of drug-likeness (QED) is 0.747. The van der Waals surface area contributed by atoms with Crippen LogP contribution in [-0.4, -0.2) is 88.0 Å². The first-order chi connectivity index (χ1) is 14.5. The number of fused-ring (bicyclic) bond motifs is 1. The SMILES string of the molecule is CCN1CC=C2C=CC(N3CCN(C4CCC(CCC(=O)O)CC4)C3=O)=NN2CC1. The molecule has 0 aromatic rings. The van der Waals surface area contributed by atoms with Gasteiger partial charge in [0.05, 0.1) is 12.2 Å².